The van der Waals surface area contributed by atoms with E-state index in [0.29, 0.717) is 29.5 Å². The summed E-state index contributed by atoms with van der Waals surface area (Å²) in [4.78, 5) is 14.4. The van der Waals surface area contributed by atoms with Crippen LogP contribution in [0.5, 0.6) is 11.5 Å². The Bertz CT molecular complexity index is 973. The molecule has 7 nitrogen and oxygen atoms in total. The maximum absolute atomic E-state index is 13.5. The van der Waals surface area contributed by atoms with Gasteiger partial charge in [0.1, 0.15) is 6.54 Å². The molecule has 9 heteroatoms. The van der Waals surface area contributed by atoms with Crippen LogP contribution in [0.15, 0.2) is 47.4 Å². The molecular formula is C20H23ClN2O5S. The number of sulfonamides is 1. The molecule has 0 atom stereocenters. The van der Waals surface area contributed by atoms with E-state index in [1.807, 2.05) is 0 Å². The molecule has 0 spiro atoms. The molecule has 156 valence electrons. The van der Waals surface area contributed by atoms with E-state index in [4.69, 9.17) is 21.1 Å². The van der Waals surface area contributed by atoms with E-state index in [-0.39, 0.29) is 23.1 Å². The predicted octanol–water partition coefficient (Wildman–Crippen LogP) is 3.17. The number of carbonyl (C=O) groups excluding carboxylic acids is 1. The largest absolute Gasteiger partial charge is 0.493 e. The number of hydrogen-bond acceptors (Lipinski definition) is 5. The lowest BCUT2D eigenvalue weighted by Gasteiger charge is -2.26. The third-order valence-corrected chi connectivity index (χ3v) is 6.82. The van der Waals surface area contributed by atoms with Gasteiger partial charge in [-0.3, -0.25) is 9.10 Å². The van der Waals surface area contributed by atoms with E-state index in [2.05, 4.69) is 0 Å². The van der Waals surface area contributed by atoms with Gasteiger partial charge in [0.15, 0.2) is 11.5 Å². The van der Waals surface area contributed by atoms with Crippen molar-refractivity contribution in [3.8, 4) is 11.5 Å². The van der Waals surface area contributed by atoms with Gasteiger partial charge in [-0.15, -0.1) is 0 Å². The third-order valence-electron chi connectivity index (χ3n) is 4.80. The predicted molar refractivity (Wildman–Crippen MR) is 111 cm³/mol. The van der Waals surface area contributed by atoms with Crippen LogP contribution in [-0.2, 0) is 14.8 Å². The van der Waals surface area contributed by atoms with Gasteiger partial charge in [-0.05, 0) is 49.2 Å². The third kappa shape index (κ3) is 4.59. The smallest absolute Gasteiger partial charge is 0.264 e. The summed E-state index contributed by atoms with van der Waals surface area (Å²) < 4.78 is 38.4. The van der Waals surface area contributed by atoms with E-state index in [1.165, 1.54) is 32.4 Å². The molecule has 1 aliphatic rings. The van der Waals surface area contributed by atoms with Gasteiger partial charge < -0.3 is 14.4 Å². The normalized spacial score (nSPS) is 14.0. The fourth-order valence-corrected chi connectivity index (χ4v) is 4.77. The molecule has 2 aromatic rings. The van der Waals surface area contributed by atoms with E-state index in [9.17, 15) is 13.2 Å². The van der Waals surface area contributed by atoms with Crippen LogP contribution in [0.25, 0.3) is 0 Å². The minimum absolute atomic E-state index is 0.000628. The van der Waals surface area contributed by atoms with Gasteiger partial charge in [-0.2, -0.15) is 0 Å². The van der Waals surface area contributed by atoms with Crippen molar-refractivity contribution in [1.29, 1.82) is 0 Å². The minimum Gasteiger partial charge on any atom is -0.493 e. The highest BCUT2D eigenvalue weighted by Gasteiger charge is 2.30. The standard InChI is InChI=1S/C20H23ClN2O5S/c1-27-18-10-9-17(13-19(18)28-2)29(25,26)23(16-7-5-15(21)6-8-16)14-20(24)22-11-3-4-12-22/h5-10,13H,3-4,11-12,14H2,1-2H3. The Hall–Kier alpha value is -2.45. The Kier molecular flexibility index (Phi) is 6.54. The number of carbonyl (C=O) groups is 1. The fourth-order valence-electron chi connectivity index (χ4n) is 3.22. The Morgan fingerprint density at radius 3 is 2.24 bits per heavy atom. The Labute approximate surface area is 175 Å². The lowest BCUT2D eigenvalue weighted by atomic mass is 10.3. The van der Waals surface area contributed by atoms with Crippen molar-refractivity contribution in [2.24, 2.45) is 0 Å². The molecule has 1 aliphatic heterocycles. The van der Waals surface area contributed by atoms with Crippen LogP contribution in [0.1, 0.15) is 12.8 Å². The molecule has 0 aromatic heterocycles. The van der Waals surface area contributed by atoms with Gasteiger partial charge in [0.2, 0.25) is 5.91 Å². The van der Waals surface area contributed by atoms with Gasteiger partial charge in [-0.25, -0.2) is 8.42 Å². The van der Waals surface area contributed by atoms with Crippen molar-refractivity contribution in [3.63, 3.8) is 0 Å². The molecule has 1 heterocycles. The average molecular weight is 439 g/mol. The van der Waals surface area contributed by atoms with Crippen LogP contribution in [0.3, 0.4) is 0 Å². The fraction of sp³-hybridized carbons (Fsp3) is 0.350. The maximum atomic E-state index is 13.5. The SMILES string of the molecule is COc1ccc(S(=O)(=O)N(CC(=O)N2CCCC2)c2ccc(Cl)cc2)cc1OC. The van der Waals surface area contributed by atoms with Gasteiger partial charge in [0, 0.05) is 24.2 Å². The molecule has 1 saturated heterocycles. The quantitative estimate of drug-likeness (QED) is 0.663. The Morgan fingerprint density at radius 1 is 1.03 bits per heavy atom. The lowest BCUT2D eigenvalue weighted by molar-refractivity contribution is -0.128. The summed E-state index contributed by atoms with van der Waals surface area (Å²) in [6.07, 6.45) is 1.85. The molecule has 0 bridgehead atoms. The molecule has 0 N–H and O–H groups in total. The number of methoxy groups -OCH3 is 2. The van der Waals surface area contributed by atoms with E-state index < -0.39 is 10.0 Å². The molecule has 29 heavy (non-hydrogen) atoms. The number of anilines is 1. The van der Waals surface area contributed by atoms with Crippen molar-refractivity contribution in [3.05, 3.63) is 47.5 Å². The van der Waals surface area contributed by atoms with Crippen molar-refractivity contribution in [1.82, 2.24) is 4.90 Å². The van der Waals surface area contributed by atoms with Crippen molar-refractivity contribution < 1.29 is 22.7 Å². The second kappa shape index (κ2) is 8.92. The van der Waals surface area contributed by atoms with Gasteiger partial charge in [0.25, 0.3) is 10.0 Å². The maximum Gasteiger partial charge on any atom is 0.264 e. The Morgan fingerprint density at radius 2 is 1.66 bits per heavy atom. The van der Waals surface area contributed by atoms with Crippen LogP contribution in [0.2, 0.25) is 5.02 Å². The number of benzene rings is 2. The summed E-state index contributed by atoms with van der Waals surface area (Å²) in [7, 11) is -1.14. The summed E-state index contributed by atoms with van der Waals surface area (Å²) in [6, 6.07) is 10.7. The molecular weight excluding hydrogens is 416 g/mol. The molecule has 2 aromatic carbocycles. The summed E-state index contributed by atoms with van der Waals surface area (Å²) in [5.74, 6) is 0.467. The van der Waals surface area contributed by atoms with Crippen LogP contribution < -0.4 is 13.8 Å². The van der Waals surface area contributed by atoms with Crippen LogP contribution in [-0.4, -0.2) is 53.1 Å². The zero-order valence-electron chi connectivity index (χ0n) is 16.3. The summed E-state index contributed by atoms with van der Waals surface area (Å²) in [6.45, 7) is 0.992. The minimum atomic E-state index is -4.04. The lowest BCUT2D eigenvalue weighted by Crippen LogP contribution is -2.42. The Balaban J connectivity index is 2.01. The van der Waals surface area contributed by atoms with Gasteiger partial charge >= 0.3 is 0 Å². The van der Waals surface area contributed by atoms with Crippen LogP contribution >= 0.6 is 11.6 Å². The molecule has 0 aliphatic carbocycles. The van der Waals surface area contributed by atoms with Crippen molar-refractivity contribution >= 4 is 33.2 Å². The first-order valence-electron chi connectivity index (χ1n) is 9.15. The molecule has 0 radical (unpaired) electrons. The first-order chi connectivity index (χ1) is 13.9. The number of nitrogens with zero attached hydrogens (tertiary/aromatic N) is 2. The number of amides is 1. The average Bonchev–Trinajstić information content (AvgIpc) is 3.27. The van der Waals surface area contributed by atoms with E-state index >= 15 is 0 Å². The summed E-state index contributed by atoms with van der Waals surface area (Å²) in [5.41, 5.74) is 0.358. The number of hydrogen-bond donors (Lipinski definition) is 0. The number of rotatable bonds is 7. The molecule has 0 saturated carbocycles. The summed E-state index contributed by atoms with van der Waals surface area (Å²) >= 11 is 5.96. The summed E-state index contributed by atoms with van der Waals surface area (Å²) in [5, 5.41) is 0.475. The molecule has 1 fully saturated rings. The zero-order valence-corrected chi connectivity index (χ0v) is 17.9. The second-order valence-electron chi connectivity index (χ2n) is 6.59. The highest BCUT2D eigenvalue weighted by molar-refractivity contribution is 7.92. The molecule has 1 amide bonds. The molecule has 0 unspecified atom stereocenters. The van der Waals surface area contributed by atoms with Crippen LogP contribution in [0.4, 0.5) is 5.69 Å². The van der Waals surface area contributed by atoms with Gasteiger partial charge in [-0.1, -0.05) is 11.6 Å². The van der Waals surface area contributed by atoms with Gasteiger partial charge in [0.05, 0.1) is 24.8 Å². The first kappa shape index (κ1) is 21.3. The number of likely N-dealkylation sites (tertiary alicyclic amines) is 1. The number of ether oxygens (including phenoxy) is 2. The van der Waals surface area contributed by atoms with E-state index in [0.717, 1.165) is 17.1 Å². The monoisotopic (exact) mass is 438 g/mol. The first-order valence-corrected chi connectivity index (χ1v) is 11.0. The zero-order chi connectivity index (χ0) is 21.0. The molecule has 3 rings (SSSR count). The highest BCUT2D eigenvalue weighted by Crippen LogP contribution is 2.32. The number of halogens is 1. The highest BCUT2D eigenvalue weighted by atomic mass is 35.5. The van der Waals surface area contributed by atoms with Crippen LogP contribution in [0, 0.1) is 0 Å². The topological polar surface area (TPSA) is 76.2 Å². The van der Waals surface area contributed by atoms with Crippen molar-refractivity contribution in [2.45, 2.75) is 17.7 Å². The van der Waals surface area contributed by atoms with E-state index in [1.54, 1.807) is 29.2 Å². The second-order valence-corrected chi connectivity index (χ2v) is 8.89. The van der Waals surface area contributed by atoms with Crippen molar-refractivity contribution in [2.75, 3.05) is 38.2 Å².